The van der Waals surface area contributed by atoms with Crippen molar-refractivity contribution in [3.8, 4) is 0 Å². The number of ether oxygens (including phenoxy) is 1. The summed E-state index contributed by atoms with van der Waals surface area (Å²) in [5.74, 6) is -0.542. The van der Waals surface area contributed by atoms with Crippen LogP contribution < -0.4 is 11.1 Å². The molecule has 0 saturated heterocycles. The van der Waals surface area contributed by atoms with Crippen LogP contribution in [0.25, 0.3) is 0 Å². The number of carbonyl (C=O) groups excluding carboxylic acids is 2. The van der Waals surface area contributed by atoms with E-state index in [9.17, 15) is 19.0 Å². The first-order valence-electron chi connectivity index (χ1n) is 15.6. The van der Waals surface area contributed by atoms with E-state index >= 15 is 0 Å². The Labute approximate surface area is 238 Å². The van der Waals surface area contributed by atoms with Crippen LogP contribution >= 0.6 is 7.82 Å². The summed E-state index contributed by atoms with van der Waals surface area (Å²) in [4.78, 5) is 34.5. The predicted octanol–water partition coefficient (Wildman–Crippen LogP) is 6.95. The van der Waals surface area contributed by atoms with E-state index in [4.69, 9.17) is 19.5 Å². The second-order valence-electron chi connectivity index (χ2n) is 10.5. The van der Waals surface area contributed by atoms with E-state index in [1.54, 1.807) is 0 Å². The largest absolute Gasteiger partial charge is 0.472 e. The number of rotatable bonds is 29. The molecule has 0 radical (unpaired) electrons. The van der Waals surface area contributed by atoms with E-state index in [0.29, 0.717) is 12.8 Å². The lowest BCUT2D eigenvalue weighted by Crippen LogP contribution is -2.41. The molecule has 0 fully saturated rings. The van der Waals surface area contributed by atoms with Crippen molar-refractivity contribution in [2.75, 3.05) is 26.4 Å². The van der Waals surface area contributed by atoms with Gasteiger partial charge in [-0.15, -0.1) is 0 Å². The molecule has 1 amide bonds. The first-order valence-corrected chi connectivity index (χ1v) is 17.1. The quantitative estimate of drug-likeness (QED) is 0.0493. The van der Waals surface area contributed by atoms with Crippen LogP contribution in [0.15, 0.2) is 0 Å². The number of esters is 1. The molecule has 0 aliphatic rings. The molecule has 10 heteroatoms. The van der Waals surface area contributed by atoms with Crippen LogP contribution in [-0.4, -0.2) is 49.2 Å². The van der Waals surface area contributed by atoms with E-state index in [0.717, 1.165) is 38.5 Å². The van der Waals surface area contributed by atoms with E-state index < -0.39 is 13.9 Å². The van der Waals surface area contributed by atoms with Gasteiger partial charge in [0.05, 0.1) is 19.3 Å². The maximum atomic E-state index is 12.5. The van der Waals surface area contributed by atoms with Gasteiger partial charge in [-0.25, -0.2) is 4.57 Å². The lowest BCUT2D eigenvalue weighted by molar-refractivity contribution is -0.145. The Hall–Kier alpha value is -0.990. The van der Waals surface area contributed by atoms with Gasteiger partial charge in [0.2, 0.25) is 5.91 Å². The van der Waals surface area contributed by atoms with Crippen LogP contribution in [0.1, 0.15) is 142 Å². The molecule has 232 valence electrons. The molecule has 4 N–H and O–H groups in total. The van der Waals surface area contributed by atoms with Gasteiger partial charge < -0.3 is 20.7 Å². The Bertz CT molecular complexity index is 637. The minimum Gasteiger partial charge on any atom is -0.463 e. The number of hydrogen-bond donors (Lipinski definition) is 3. The van der Waals surface area contributed by atoms with E-state index in [1.165, 1.54) is 77.0 Å². The number of nitrogens with two attached hydrogens (primary N) is 1. The van der Waals surface area contributed by atoms with Crippen molar-refractivity contribution in [2.24, 2.45) is 5.73 Å². The van der Waals surface area contributed by atoms with Gasteiger partial charge in [0, 0.05) is 19.4 Å². The van der Waals surface area contributed by atoms with Crippen molar-refractivity contribution in [2.45, 2.75) is 148 Å². The lowest BCUT2D eigenvalue weighted by atomic mass is 10.1. The molecule has 0 aromatic rings. The zero-order chi connectivity index (χ0) is 29.0. The summed E-state index contributed by atoms with van der Waals surface area (Å²) < 4.78 is 27.1. The number of carbonyl (C=O) groups is 2. The molecule has 0 heterocycles. The van der Waals surface area contributed by atoms with Crippen LogP contribution in [0.5, 0.6) is 0 Å². The molecule has 0 spiro atoms. The number of hydrogen-bond acceptors (Lipinski definition) is 7. The van der Waals surface area contributed by atoms with Gasteiger partial charge >= 0.3 is 13.8 Å². The molecule has 39 heavy (non-hydrogen) atoms. The van der Waals surface area contributed by atoms with Gasteiger partial charge in [-0.05, 0) is 12.8 Å². The van der Waals surface area contributed by atoms with Crippen LogP contribution in [0.4, 0.5) is 0 Å². The monoisotopic (exact) mass is 578 g/mol. The van der Waals surface area contributed by atoms with Crippen LogP contribution in [0.2, 0.25) is 0 Å². The van der Waals surface area contributed by atoms with E-state index in [2.05, 4.69) is 19.2 Å². The van der Waals surface area contributed by atoms with Gasteiger partial charge in [-0.3, -0.25) is 18.6 Å². The molecular formula is C29H59N2O7P. The third-order valence-electron chi connectivity index (χ3n) is 6.61. The Morgan fingerprint density at radius 2 is 1.18 bits per heavy atom. The number of nitrogens with one attached hydrogen (secondary N) is 1. The highest BCUT2D eigenvalue weighted by atomic mass is 31.2. The molecule has 0 aliphatic heterocycles. The van der Waals surface area contributed by atoms with Gasteiger partial charge in [0.15, 0.2) is 0 Å². The summed E-state index contributed by atoms with van der Waals surface area (Å²) in [6.45, 7) is 3.93. The smallest absolute Gasteiger partial charge is 0.463 e. The van der Waals surface area contributed by atoms with Crippen molar-refractivity contribution in [3.63, 3.8) is 0 Å². The molecule has 0 aliphatic carbocycles. The third kappa shape index (κ3) is 27.0. The Morgan fingerprint density at radius 1 is 0.718 bits per heavy atom. The molecule has 9 nitrogen and oxygen atoms in total. The molecule has 0 aromatic carbocycles. The maximum absolute atomic E-state index is 12.5. The summed E-state index contributed by atoms with van der Waals surface area (Å²) in [7, 11) is -4.31. The number of unbranched alkanes of at least 4 members (excludes halogenated alkanes) is 16. The minimum absolute atomic E-state index is 0.0727. The van der Waals surface area contributed by atoms with Gasteiger partial charge in [0.1, 0.15) is 6.61 Å². The second kappa shape index (κ2) is 27.2. The molecule has 0 aromatic heterocycles. The zero-order valence-corrected chi connectivity index (χ0v) is 25.9. The van der Waals surface area contributed by atoms with Crippen molar-refractivity contribution in [3.05, 3.63) is 0 Å². The molecular weight excluding hydrogens is 519 g/mol. The van der Waals surface area contributed by atoms with Crippen molar-refractivity contribution >= 4 is 19.7 Å². The Balaban J connectivity index is 4.33. The molecule has 2 atom stereocenters. The van der Waals surface area contributed by atoms with Gasteiger partial charge in [0.25, 0.3) is 0 Å². The van der Waals surface area contributed by atoms with Gasteiger partial charge in [-0.2, -0.15) is 0 Å². The fourth-order valence-electron chi connectivity index (χ4n) is 4.26. The van der Waals surface area contributed by atoms with E-state index in [-0.39, 0.29) is 38.2 Å². The number of phosphoric ester groups is 1. The molecule has 0 bridgehead atoms. The molecule has 1 unspecified atom stereocenters. The third-order valence-corrected chi connectivity index (χ3v) is 7.60. The lowest BCUT2D eigenvalue weighted by Gasteiger charge is -2.20. The topological polar surface area (TPSA) is 137 Å². The Kier molecular flexibility index (Phi) is 26.5. The Morgan fingerprint density at radius 3 is 1.67 bits per heavy atom. The van der Waals surface area contributed by atoms with Crippen molar-refractivity contribution in [1.82, 2.24) is 5.32 Å². The number of phosphoric acid groups is 1. The summed E-state index contributed by atoms with van der Waals surface area (Å²) in [5.41, 5.74) is 5.31. The first kappa shape index (κ1) is 38.0. The predicted molar refractivity (Wildman–Crippen MR) is 157 cm³/mol. The van der Waals surface area contributed by atoms with Crippen molar-refractivity contribution < 1.29 is 32.8 Å². The maximum Gasteiger partial charge on any atom is 0.472 e. The summed E-state index contributed by atoms with van der Waals surface area (Å²) in [6, 6.07) is -0.745. The average molecular weight is 579 g/mol. The van der Waals surface area contributed by atoms with Crippen LogP contribution in [0, 0.1) is 0 Å². The van der Waals surface area contributed by atoms with Crippen LogP contribution in [-0.2, 0) is 27.9 Å². The highest BCUT2D eigenvalue weighted by Gasteiger charge is 2.24. The molecule has 0 rings (SSSR count). The van der Waals surface area contributed by atoms with Crippen molar-refractivity contribution in [1.29, 1.82) is 0 Å². The first-order chi connectivity index (χ1) is 18.8. The highest BCUT2D eigenvalue weighted by molar-refractivity contribution is 7.47. The zero-order valence-electron chi connectivity index (χ0n) is 25.0. The average Bonchev–Trinajstić information content (AvgIpc) is 2.91. The summed E-state index contributed by atoms with van der Waals surface area (Å²) in [5, 5.41) is 2.78. The highest BCUT2D eigenvalue weighted by Crippen LogP contribution is 2.42. The second-order valence-corrected chi connectivity index (χ2v) is 11.9. The fraction of sp³-hybridized carbons (Fsp3) is 0.931. The van der Waals surface area contributed by atoms with E-state index in [1.807, 2.05) is 0 Å². The SMILES string of the molecule is CCCCCCCCCCCC(=O)N[C@@H](COC(=O)CCCCCCCCCCC)COP(=O)(O)OCCN. The number of amides is 1. The normalized spacial score (nSPS) is 13.6. The summed E-state index contributed by atoms with van der Waals surface area (Å²) in [6.07, 6.45) is 21.5. The van der Waals surface area contributed by atoms with Crippen LogP contribution in [0.3, 0.4) is 0 Å². The van der Waals surface area contributed by atoms with Gasteiger partial charge in [-0.1, -0.05) is 117 Å². The molecule has 0 saturated carbocycles. The minimum atomic E-state index is -4.31. The summed E-state index contributed by atoms with van der Waals surface area (Å²) >= 11 is 0. The standard InChI is InChI=1S/C29H59N2O7P/c1-3-5-7-9-11-13-15-17-19-21-28(32)31-27(26-38-39(34,35)37-24-23-30)25-36-29(33)22-20-18-16-14-12-10-8-6-4-2/h27H,3-26,30H2,1-2H3,(H,31,32)(H,34,35)/t27-/m0/s1. The fourth-order valence-corrected chi connectivity index (χ4v) is 5.04.